The van der Waals surface area contributed by atoms with E-state index < -0.39 is 18.2 Å². The number of nitrogens with one attached hydrogen (secondary N) is 3. The SMILES string of the molecule is COOC=N[C@@H](C(=O)N1CCC[C@H]1c1nc2ccc(CCc3ccc(-c4cc([C@@H]5CCCN5C(=O)[C@H](NC(=O)OC)c5ccccc5)[nH]n4)cc3)cc2[nH]1)c1ccccc1.S.S. The smallest absolute Gasteiger partial charge is 0.407 e. The van der Waals surface area contributed by atoms with Crippen LogP contribution in [0.15, 0.2) is 114 Å². The summed E-state index contributed by atoms with van der Waals surface area (Å²) in [6.07, 6.45) is 5.48. The van der Waals surface area contributed by atoms with Gasteiger partial charge in [0.2, 0.25) is 12.3 Å². The molecule has 2 fully saturated rings. The molecule has 4 heterocycles. The number of aromatic nitrogens is 4. The van der Waals surface area contributed by atoms with Gasteiger partial charge in [0.1, 0.15) is 11.9 Å². The lowest BCUT2D eigenvalue weighted by molar-refractivity contribution is -0.188. The topological polar surface area (TPSA) is 167 Å². The number of imidazole rings is 1. The first-order chi connectivity index (χ1) is 29.4. The Hall–Kier alpha value is -6.10. The van der Waals surface area contributed by atoms with Crippen molar-refractivity contribution in [2.24, 2.45) is 4.99 Å². The Morgan fingerprint density at radius 1 is 0.806 bits per heavy atom. The van der Waals surface area contributed by atoms with Gasteiger partial charge < -0.3 is 29.7 Å². The summed E-state index contributed by atoms with van der Waals surface area (Å²) < 4.78 is 4.83. The van der Waals surface area contributed by atoms with Gasteiger partial charge in [-0.3, -0.25) is 14.7 Å². The van der Waals surface area contributed by atoms with Gasteiger partial charge in [0.05, 0.1) is 48.7 Å². The summed E-state index contributed by atoms with van der Waals surface area (Å²) >= 11 is 0. The number of benzene rings is 4. The molecule has 0 aliphatic carbocycles. The van der Waals surface area contributed by atoms with E-state index >= 15 is 0 Å². The monoisotopic (exact) mass is 876 g/mol. The van der Waals surface area contributed by atoms with E-state index in [1.165, 1.54) is 31.7 Å². The van der Waals surface area contributed by atoms with E-state index in [1.54, 1.807) is 0 Å². The molecule has 2 saturated heterocycles. The molecule has 2 aromatic heterocycles. The normalized spacial score (nSPS) is 17.0. The number of nitrogens with zero attached hydrogens (tertiary/aromatic N) is 5. The average Bonchev–Trinajstić information content (AvgIpc) is 4.13. The van der Waals surface area contributed by atoms with Crippen molar-refractivity contribution in [3.8, 4) is 11.3 Å². The fraction of sp³-hybridized carbons (Fsp3) is 0.304. The van der Waals surface area contributed by atoms with Crippen molar-refractivity contribution in [3.05, 3.63) is 143 Å². The summed E-state index contributed by atoms with van der Waals surface area (Å²) in [6.45, 7) is 1.19. The number of likely N-dealkylation sites (tertiary alicyclic amines) is 2. The largest absolute Gasteiger partial charge is 0.453 e. The predicted molar refractivity (Wildman–Crippen MR) is 246 cm³/mol. The zero-order valence-corrected chi connectivity index (χ0v) is 36.6. The lowest BCUT2D eigenvalue weighted by Crippen LogP contribution is -2.42. The number of hydrogen-bond donors (Lipinski definition) is 3. The van der Waals surface area contributed by atoms with Crippen molar-refractivity contribution in [1.29, 1.82) is 0 Å². The highest BCUT2D eigenvalue weighted by atomic mass is 32.1. The van der Waals surface area contributed by atoms with Gasteiger partial charge >= 0.3 is 6.09 Å². The molecule has 3 amide bonds. The van der Waals surface area contributed by atoms with Crippen LogP contribution in [0.3, 0.4) is 0 Å². The highest BCUT2D eigenvalue weighted by Crippen LogP contribution is 2.37. The van der Waals surface area contributed by atoms with E-state index in [9.17, 15) is 14.4 Å². The zero-order valence-electron chi connectivity index (χ0n) is 34.6. The molecule has 0 radical (unpaired) electrons. The minimum absolute atomic E-state index is 0. The average molecular weight is 877 g/mol. The summed E-state index contributed by atoms with van der Waals surface area (Å²) in [6, 6.07) is 33.4. The third-order valence-corrected chi connectivity index (χ3v) is 11.4. The summed E-state index contributed by atoms with van der Waals surface area (Å²) in [4.78, 5) is 66.1. The molecule has 3 N–H and O–H groups in total. The molecule has 0 unspecified atom stereocenters. The fourth-order valence-corrected chi connectivity index (χ4v) is 8.33. The quantitative estimate of drug-likeness (QED) is 0.0433. The van der Waals surface area contributed by atoms with Crippen molar-refractivity contribution >= 4 is 62.3 Å². The zero-order chi connectivity index (χ0) is 41.4. The Kier molecular flexibility index (Phi) is 15.5. The highest BCUT2D eigenvalue weighted by Gasteiger charge is 2.38. The van der Waals surface area contributed by atoms with Gasteiger partial charge in [0.25, 0.3) is 5.91 Å². The van der Waals surface area contributed by atoms with Crippen LogP contribution in [0, 0.1) is 0 Å². The first-order valence-corrected chi connectivity index (χ1v) is 20.3. The van der Waals surface area contributed by atoms with Crippen molar-refractivity contribution < 1.29 is 28.9 Å². The summed E-state index contributed by atoms with van der Waals surface area (Å²) in [5.74, 6) is 0.464. The molecule has 4 atom stereocenters. The molecule has 0 spiro atoms. The number of amides is 3. The lowest BCUT2D eigenvalue weighted by atomic mass is 10.0. The first-order valence-electron chi connectivity index (χ1n) is 20.3. The standard InChI is InChI=1S/C46H48N8O6.2H2S/c1-58-46(57)50-42(34-13-7-4-8-14-34)45(56)53-25-9-15-39(53)38-28-36(51-52-38)32-22-19-30(20-23-32)17-18-31-21-24-35-37(27-31)49-43(48-35)40-16-10-26-54(40)44(55)41(47-29-60-59-2)33-11-5-3-6-12-33;;/h3-8,11-14,19-24,27-29,39-42H,9-10,15-18,25-26H2,1-2H3,(H,48,49)(H,50,57)(H,51,52);2*1H2/t39-,40-,41+,42+;;/m0../s1. The summed E-state index contributed by atoms with van der Waals surface area (Å²) in [5.41, 5.74) is 8.28. The maximum atomic E-state index is 13.9. The van der Waals surface area contributed by atoms with Crippen LogP contribution in [0.25, 0.3) is 22.3 Å². The number of alkyl carbamates (subject to hydrolysis) is 1. The van der Waals surface area contributed by atoms with Crippen LogP contribution in [0.1, 0.15) is 83.6 Å². The predicted octanol–water partition coefficient (Wildman–Crippen LogP) is 7.74. The third-order valence-electron chi connectivity index (χ3n) is 11.4. The number of aryl methyl sites for hydroxylation is 2. The van der Waals surface area contributed by atoms with E-state index in [-0.39, 0.29) is 50.9 Å². The first kappa shape index (κ1) is 45.4. The summed E-state index contributed by atoms with van der Waals surface area (Å²) in [7, 11) is 2.68. The van der Waals surface area contributed by atoms with Gasteiger partial charge in [0, 0.05) is 18.7 Å². The van der Waals surface area contributed by atoms with Crippen LogP contribution in [0.4, 0.5) is 4.79 Å². The van der Waals surface area contributed by atoms with Crippen LogP contribution in [-0.2, 0) is 36.9 Å². The van der Waals surface area contributed by atoms with E-state index in [0.717, 1.165) is 77.9 Å². The van der Waals surface area contributed by atoms with Gasteiger partial charge in [-0.25, -0.2) is 14.8 Å². The van der Waals surface area contributed by atoms with E-state index in [0.29, 0.717) is 18.7 Å². The van der Waals surface area contributed by atoms with Crippen LogP contribution < -0.4 is 5.32 Å². The molecule has 0 bridgehead atoms. The molecule has 8 rings (SSSR count). The number of aliphatic imine (C=N–C) groups is 1. The third kappa shape index (κ3) is 10.2. The Balaban J connectivity index is 0.00000321. The van der Waals surface area contributed by atoms with Crippen LogP contribution in [0.2, 0.25) is 0 Å². The number of H-pyrrole nitrogens is 2. The van der Waals surface area contributed by atoms with E-state index in [4.69, 9.17) is 14.6 Å². The Labute approximate surface area is 374 Å². The number of methoxy groups -OCH3 is 1. The molecule has 62 heavy (non-hydrogen) atoms. The maximum Gasteiger partial charge on any atom is 0.407 e. The van der Waals surface area contributed by atoms with Crippen molar-refractivity contribution in [3.63, 3.8) is 0 Å². The molecule has 6 aromatic rings. The summed E-state index contributed by atoms with van der Waals surface area (Å²) in [5, 5.41) is 10.5. The molecule has 16 heteroatoms. The number of fused-ring (bicyclic) bond motifs is 1. The molecule has 324 valence electrons. The second-order valence-corrected chi connectivity index (χ2v) is 15.1. The molecule has 2 aliphatic heterocycles. The number of rotatable bonds is 14. The Morgan fingerprint density at radius 3 is 2.15 bits per heavy atom. The van der Waals surface area contributed by atoms with Gasteiger partial charge in [-0.2, -0.15) is 37.0 Å². The minimum atomic E-state index is -0.865. The second-order valence-electron chi connectivity index (χ2n) is 15.1. The van der Waals surface area contributed by atoms with Gasteiger partial charge in [0.15, 0.2) is 6.04 Å². The van der Waals surface area contributed by atoms with Crippen molar-refractivity contribution in [2.75, 3.05) is 27.3 Å². The lowest BCUT2D eigenvalue weighted by Gasteiger charge is -2.28. The molecule has 0 saturated carbocycles. The number of carbonyl (C=O) groups excluding carboxylic acids is 3. The van der Waals surface area contributed by atoms with E-state index in [1.807, 2.05) is 82.6 Å². The van der Waals surface area contributed by atoms with Crippen LogP contribution in [0.5, 0.6) is 0 Å². The molecule has 14 nitrogen and oxygen atoms in total. The van der Waals surface area contributed by atoms with Crippen molar-refractivity contribution in [1.82, 2.24) is 35.3 Å². The van der Waals surface area contributed by atoms with Crippen molar-refractivity contribution in [2.45, 2.75) is 62.7 Å². The maximum absolute atomic E-state index is 13.9. The van der Waals surface area contributed by atoms with Crippen LogP contribution >= 0.6 is 27.0 Å². The molecular formula is C46H52N8O6S2. The minimum Gasteiger partial charge on any atom is -0.453 e. The van der Waals surface area contributed by atoms with E-state index in [2.05, 4.69) is 66.8 Å². The number of hydrogen-bond acceptors (Lipinski definition) is 9. The number of carbonyl (C=O) groups is 3. The highest BCUT2D eigenvalue weighted by molar-refractivity contribution is 7.59. The number of ether oxygens (including phenoxy) is 1. The fourth-order valence-electron chi connectivity index (χ4n) is 8.33. The molecule has 4 aromatic carbocycles. The number of aromatic amines is 2. The Morgan fingerprint density at radius 2 is 1.45 bits per heavy atom. The van der Waals surface area contributed by atoms with Gasteiger partial charge in [-0.15, -0.1) is 0 Å². The Bertz CT molecular complexity index is 2450. The van der Waals surface area contributed by atoms with Gasteiger partial charge in [-0.05, 0) is 79.0 Å². The molecular weight excluding hydrogens is 825 g/mol. The van der Waals surface area contributed by atoms with Gasteiger partial charge in [-0.1, -0.05) is 91.0 Å². The molecule has 2 aliphatic rings. The van der Waals surface area contributed by atoms with Crippen LogP contribution in [-0.4, -0.2) is 81.6 Å². The second kappa shape index (κ2) is 21.1.